The summed E-state index contributed by atoms with van der Waals surface area (Å²) in [5.74, 6) is -0.346. The second-order valence-corrected chi connectivity index (χ2v) is 8.71. The molecule has 2 N–H and O–H groups in total. The summed E-state index contributed by atoms with van der Waals surface area (Å²) in [5, 5.41) is 4.74. The number of amides is 1. The summed E-state index contributed by atoms with van der Waals surface area (Å²) in [4.78, 5) is 17.5. The Kier molecular flexibility index (Phi) is 6.00. The third kappa shape index (κ3) is 5.00. The Morgan fingerprint density at radius 2 is 2.04 bits per heavy atom. The average molecular weight is 402 g/mol. The van der Waals surface area contributed by atoms with Gasteiger partial charge in [0.25, 0.3) is 5.91 Å². The molecule has 140 valence electrons. The zero-order chi connectivity index (χ0) is 19.3. The summed E-state index contributed by atoms with van der Waals surface area (Å²) in [6.07, 6.45) is 3.34. The summed E-state index contributed by atoms with van der Waals surface area (Å²) < 4.78 is 27.6. The van der Waals surface area contributed by atoms with Gasteiger partial charge in [0.05, 0.1) is 10.9 Å². The number of pyridine rings is 1. The van der Waals surface area contributed by atoms with Crippen molar-refractivity contribution in [3.8, 4) is 0 Å². The molecule has 0 radical (unpaired) electrons. The normalized spacial score (nSPS) is 12.5. The van der Waals surface area contributed by atoms with Crippen LogP contribution in [0.1, 0.15) is 33.8 Å². The number of benzene rings is 1. The van der Waals surface area contributed by atoms with Gasteiger partial charge in [0.15, 0.2) is 0 Å². The number of nitrogens with one attached hydrogen (secondary N) is 2. The fourth-order valence-electron chi connectivity index (χ4n) is 2.46. The van der Waals surface area contributed by atoms with Gasteiger partial charge >= 0.3 is 0 Å². The van der Waals surface area contributed by atoms with Crippen molar-refractivity contribution in [2.75, 3.05) is 0 Å². The molecule has 0 spiro atoms. The monoisotopic (exact) mass is 401 g/mol. The molecule has 2 aromatic heterocycles. The number of carbonyl (C=O) groups excluding carboxylic acids is 1. The van der Waals surface area contributed by atoms with Crippen molar-refractivity contribution >= 4 is 27.3 Å². The van der Waals surface area contributed by atoms with Gasteiger partial charge in [-0.3, -0.25) is 9.78 Å². The molecule has 0 unspecified atom stereocenters. The number of thiophene rings is 1. The third-order valence-corrected chi connectivity index (χ3v) is 6.23. The van der Waals surface area contributed by atoms with Crippen molar-refractivity contribution in [2.24, 2.45) is 0 Å². The molecule has 0 aliphatic rings. The highest BCUT2D eigenvalue weighted by Crippen LogP contribution is 2.16. The van der Waals surface area contributed by atoms with Gasteiger partial charge in [0.2, 0.25) is 10.0 Å². The minimum atomic E-state index is -3.71. The molecule has 1 amide bonds. The highest BCUT2D eigenvalue weighted by Gasteiger charge is 2.17. The lowest BCUT2D eigenvalue weighted by Crippen LogP contribution is -2.27. The van der Waals surface area contributed by atoms with Gasteiger partial charge in [-0.25, -0.2) is 13.1 Å². The van der Waals surface area contributed by atoms with Crippen LogP contribution >= 0.6 is 11.3 Å². The van der Waals surface area contributed by atoms with E-state index in [2.05, 4.69) is 15.0 Å². The number of aromatic nitrogens is 1. The summed E-state index contributed by atoms with van der Waals surface area (Å²) in [5.41, 5.74) is 1.15. The molecule has 0 bridgehead atoms. The van der Waals surface area contributed by atoms with Gasteiger partial charge in [-0.2, -0.15) is 0 Å². The van der Waals surface area contributed by atoms with Crippen LogP contribution in [-0.4, -0.2) is 19.3 Å². The summed E-state index contributed by atoms with van der Waals surface area (Å²) in [6.45, 7) is 2.06. The van der Waals surface area contributed by atoms with E-state index in [9.17, 15) is 13.2 Å². The van der Waals surface area contributed by atoms with Gasteiger partial charge < -0.3 is 5.32 Å². The van der Waals surface area contributed by atoms with Gasteiger partial charge in [-0.1, -0.05) is 18.2 Å². The van der Waals surface area contributed by atoms with E-state index in [1.165, 1.54) is 23.5 Å². The first-order valence-electron chi connectivity index (χ1n) is 8.28. The van der Waals surface area contributed by atoms with Gasteiger partial charge in [0.1, 0.15) is 0 Å². The highest BCUT2D eigenvalue weighted by molar-refractivity contribution is 7.89. The lowest BCUT2D eigenvalue weighted by Gasteiger charge is -2.14. The number of hydrogen-bond donors (Lipinski definition) is 2. The predicted octanol–water partition coefficient (Wildman–Crippen LogP) is 3.11. The molecule has 0 aliphatic carbocycles. The molecule has 0 saturated carbocycles. The van der Waals surface area contributed by atoms with E-state index >= 15 is 0 Å². The molecule has 8 heteroatoms. The topological polar surface area (TPSA) is 88.2 Å². The van der Waals surface area contributed by atoms with E-state index < -0.39 is 10.0 Å². The molecule has 2 heterocycles. The lowest BCUT2D eigenvalue weighted by atomic mass is 10.1. The zero-order valence-electron chi connectivity index (χ0n) is 14.6. The Morgan fingerprint density at radius 3 is 2.74 bits per heavy atom. The molecule has 1 atom stereocenters. The van der Waals surface area contributed by atoms with Gasteiger partial charge in [0, 0.05) is 29.4 Å². The van der Waals surface area contributed by atoms with Gasteiger partial charge in [-0.15, -0.1) is 11.3 Å². The first-order valence-corrected chi connectivity index (χ1v) is 10.6. The Hall–Kier alpha value is -2.55. The van der Waals surface area contributed by atoms with E-state index in [1.54, 1.807) is 30.6 Å². The standard InChI is InChI=1S/C19H19N3O3S2/c1-14(16-6-3-9-20-12-16)22-19(23)15-5-2-8-18(11-15)27(24,25)21-13-17-7-4-10-26-17/h2-12,14,21H,13H2,1H3,(H,22,23)/t14-/m1/s1. The Labute approximate surface area is 162 Å². The highest BCUT2D eigenvalue weighted by atomic mass is 32.2. The molecule has 0 saturated heterocycles. The maximum atomic E-state index is 12.5. The van der Waals surface area contributed by atoms with Crippen LogP contribution in [0.25, 0.3) is 0 Å². The molecular formula is C19H19N3O3S2. The quantitative estimate of drug-likeness (QED) is 0.637. The first kappa shape index (κ1) is 19.2. The van der Waals surface area contributed by atoms with E-state index in [0.717, 1.165) is 10.4 Å². The fourth-order valence-corrected chi connectivity index (χ4v) is 4.25. The van der Waals surface area contributed by atoms with Crippen molar-refractivity contribution in [1.29, 1.82) is 0 Å². The predicted molar refractivity (Wildman–Crippen MR) is 105 cm³/mol. The number of hydrogen-bond acceptors (Lipinski definition) is 5. The van der Waals surface area contributed by atoms with E-state index in [-0.39, 0.29) is 29.0 Å². The molecule has 0 aliphatic heterocycles. The van der Waals surface area contributed by atoms with Crippen molar-refractivity contribution < 1.29 is 13.2 Å². The molecule has 3 aromatic rings. The fraction of sp³-hybridized carbons (Fsp3) is 0.158. The summed E-state index contributed by atoms with van der Waals surface area (Å²) in [7, 11) is -3.71. The third-order valence-electron chi connectivity index (χ3n) is 3.96. The number of nitrogens with zero attached hydrogens (tertiary/aromatic N) is 1. The van der Waals surface area contributed by atoms with Crippen LogP contribution in [-0.2, 0) is 16.6 Å². The van der Waals surface area contributed by atoms with Crippen LogP contribution < -0.4 is 10.0 Å². The van der Waals surface area contributed by atoms with E-state index in [0.29, 0.717) is 0 Å². The Morgan fingerprint density at radius 1 is 1.19 bits per heavy atom. The molecular weight excluding hydrogens is 382 g/mol. The molecule has 27 heavy (non-hydrogen) atoms. The zero-order valence-corrected chi connectivity index (χ0v) is 16.3. The average Bonchev–Trinajstić information content (AvgIpc) is 3.21. The van der Waals surface area contributed by atoms with Crippen LogP contribution in [0.5, 0.6) is 0 Å². The smallest absolute Gasteiger partial charge is 0.251 e. The second kappa shape index (κ2) is 8.43. The lowest BCUT2D eigenvalue weighted by molar-refractivity contribution is 0.0939. The van der Waals surface area contributed by atoms with Gasteiger partial charge in [-0.05, 0) is 48.2 Å². The van der Waals surface area contributed by atoms with Crippen molar-refractivity contribution in [3.63, 3.8) is 0 Å². The largest absolute Gasteiger partial charge is 0.345 e. The van der Waals surface area contributed by atoms with Crippen LogP contribution in [0, 0.1) is 0 Å². The van der Waals surface area contributed by atoms with Crippen molar-refractivity contribution in [2.45, 2.75) is 24.4 Å². The molecule has 6 nitrogen and oxygen atoms in total. The van der Waals surface area contributed by atoms with Crippen molar-refractivity contribution in [3.05, 3.63) is 82.3 Å². The van der Waals surface area contributed by atoms with Crippen LogP contribution in [0.4, 0.5) is 0 Å². The first-order chi connectivity index (χ1) is 13.0. The molecule has 0 fully saturated rings. The van der Waals surface area contributed by atoms with E-state index in [4.69, 9.17) is 0 Å². The van der Waals surface area contributed by atoms with Crippen LogP contribution in [0.15, 0.2) is 71.2 Å². The number of carbonyl (C=O) groups is 1. The summed E-state index contributed by atoms with van der Waals surface area (Å²) in [6, 6.07) is 13.1. The number of rotatable bonds is 7. The van der Waals surface area contributed by atoms with Crippen LogP contribution in [0.2, 0.25) is 0 Å². The maximum Gasteiger partial charge on any atom is 0.251 e. The summed E-state index contributed by atoms with van der Waals surface area (Å²) >= 11 is 1.48. The number of sulfonamides is 1. The minimum Gasteiger partial charge on any atom is -0.345 e. The Balaban J connectivity index is 1.71. The molecule has 3 rings (SSSR count). The minimum absolute atomic E-state index is 0.0562. The second-order valence-electron chi connectivity index (χ2n) is 5.91. The Bertz CT molecular complexity index is 1000. The van der Waals surface area contributed by atoms with Crippen LogP contribution in [0.3, 0.4) is 0 Å². The maximum absolute atomic E-state index is 12.5. The van der Waals surface area contributed by atoms with Crippen molar-refractivity contribution in [1.82, 2.24) is 15.0 Å². The SMILES string of the molecule is C[C@@H](NC(=O)c1cccc(S(=O)(=O)NCc2cccs2)c1)c1cccnc1. The molecule has 1 aromatic carbocycles. The van der Waals surface area contributed by atoms with E-state index in [1.807, 2.05) is 30.5 Å².